The van der Waals surface area contributed by atoms with Crippen LogP contribution < -0.4 is 15.5 Å². The average Bonchev–Trinajstić information content (AvgIpc) is 2.38. The molecule has 0 bridgehead atoms. The molecule has 0 spiro atoms. The summed E-state index contributed by atoms with van der Waals surface area (Å²) in [5.41, 5.74) is 1.57. The molecule has 1 aromatic carbocycles. The fourth-order valence-corrected chi connectivity index (χ4v) is 2.45. The Bertz CT molecular complexity index is 381. The molecule has 17 heavy (non-hydrogen) atoms. The van der Waals surface area contributed by atoms with E-state index >= 15 is 0 Å². The molecular formula is C13H20FN3. The number of anilines is 2. The quantitative estimate of drug-likeness (QED) is 0.842. The van der Waals surface area contributed by atoms with Gasteiger partial charge in [0.25, 0.3) is 0 Å². The van der Waals surface area contributed by atoms with Crippen molar-refractivity contribution in [2.45, 2.75) is 18.9 Å². The van der Waals surface area contributed by atoms with Crippen molar-refractivity contribution in [2.24, 2.45) is 0 Å². The summed E-state index contributed by atoms with van der Waals surface area (Å²) in [4.78, 5) is 2.13. The lowest BCUT2D eigenvalue weighted by Crippen LogP contribution is -2.44. The Balaban J connectivity index is 2.26. The maximum absolute atomic E-state index is 14.0. The highest BCUT2D eigenvalue weighted by molar-refractivity contribution is 5.70. The largest absolute Gasteiger partial charge is 0.386 e. The zero-order valence-electron chi connectivity index (χ0n) is 10.5. The van der Waals surface area contributed by atoms with Crippen molar-refractivity contribution in [2.75, 3.05) is 37.4 Å². The van der Waals surface area contributed by atoms with Crippen molar-refractivity contribution in [3.63, 3.8) is 0 Å². The molecule has 1 aromatic rings. The molecule has 0 amide bonds. The normalized spacial score (nSPS) is 20.4. The highest BCUT2D eigenvalue weighted by Crippen LogP contribution is 2.30. The van der Waals surface area contributed by atoms with Crippen LogP contribution in [-0.4, -0.2) is 33.2 Å². The SMILES string of the molecule is CNc1cccc(F)c1N1CCC[C@@H](NC)C1. The van der Waals surface area contributed by atoms with Gasteiger partial charge in [0, 0.05) is 26.2 Å². The Hall–Kier alpha value is -1.29. The second-order valence-electron chi connectivity index (χ2n) is 4.46. The summed E-state index contributed by atoms with van der Waals surface area (Å²) in [6, 6.07) is 5.64. The van der Waals surface area contributed by atoms with E-state index in [0.29, 0.717) is 11.7 Å². The van der Waals surface area contributed by atoms with Crippen LogP contribution in [0.4, 0.5) is 15.8 Å². The molecule has 1 atom stereocenters. The smallest absolute Gasteiger partial charge is 0.148 e. The summed E-state index contributed by atoms with van der Waals surface area (Å²) in [5.74, 6) is -0.145. The van der Waals surface area contributed by atoms with Gasteiger partial charge in [-0.3, -0.25) is 0 Å². The Morgan fingerprint density at radius 3 is 2.88 bits per heavy atom. The van der Waals surface area contributed by atoms with E-state index in [1.165, 1.54) is 6.07 Å². The van der Waals surface area contributed by atoms with E-state index in [4.69, 9.17) is 0 Å². The Kier molecular flexibility index (Phi) is 3.84. The number of piperidine rings is 1. The molecule has 1 fully saturated rings. The summed E-state index contributed by atoms with van der Waals surface area (Å²) in [6.45, 7) is 1.79. The molecule has 0 aliphatic carbocycles. The number of rotatable bonds is 3. The van der Waals surface area contributed by atoms with Crippen LogP contribution in [0.1, 0.15) is 12.8 Å². The molecule has 3 nitrogen and oxygen atoms in total. The number of para-hydroxylation sites is 1. The fourth-order valence-electron chi connectivity index (χ4n) is 2.45. The number of nitrogens with one attached hydrogen (secondary N) is 2. The molecule has 1 aliphatic rings. The summed E-state index contributed by atoms with van der Waals surface area (Å²) in [5, 5.41) is 6.34. The lowest BCUT2D eigenvalue weighted by molar-refractivity contribution is 0.445. The first-order chi connectivity index (χ1) is 8.26. The Morgan fingerprint density at radius 2 is 2.18 bits per heavy atom. The van der Waals surface area contributed by atoms with E-state index < -0.39 is 0 Å². The highest BCUT2D eigenvalue weighted by Gasteiger charge is 2.22. The van der Waals surface area contributed by atoms with Crippen molar-refractivity contribution < 1.29 is 4.39 Å². The molecule has 0 saturated carbocycles. The van der Waals surface area contributed by atoms with Gasteiger partial charge in [0.05, 0.1) is 11.4 Å². The molecule has 2 N–H and O–H groups in total. The zero-order chi connectivity index (χ0) is 12.3. The minimum absolute atomic E-state index is 0.145. The Morgan fingerprint density at radius 1 is 1.35 bits per heavy atom. The second kappa shape index (κ2) is 5.36. The maximum atomic E-state index is 14.0. The first kappa shape index (κ1) is 12.2. The number of halogens is 1. The molecule has 1 heterocycles. The van der Waals surface area contributed by atoms with E-state index in [-0.39, 0.29) is 5.82 Å². The van der Waals surface area contributed by atoms with Gasteiger partial charge in [0.1, 0.15) is 5.82 Å². The van der Waals surface area contributed by atoms with Crippen molar-refractivity contribution in [1.29, 1.82) is 0 Å². The molecule has 4 heteroatoms. The maximum Gasteiger partial charge on any atom is 0.148 e. The van der Waals surface area contributed by atoms with Gasteiger partial charge in [-0.1, -0.05) is 6.07 Å². The molecular weight excluding hydrogens is 217 g/mol. The van der Waals surface area contributed by atoms with Crippen molar-refractivity contribution in [3.05, 3.63) is 24.0 Å². The average molecular weight is 237 g/mol. The van der Waals surface area contributed by atoms with Gasteiger partial charge in [-0.05, 0) is 32.0 Å². The lowest BCUT2D eigenvalue weighted by atomic mass is 10.0. The third kappa shape index (κ3) is 2.52. The number of likely N-dealkylation sites (N-methyl/N-ethyl adjacent to an activating group) is 1. The van der Waals surface area contributed by atoms with Crippen molar-refractivity contribution in [3.8, 4) is 0 Å². The van der Waals surface area contributed by atoms with Gasteiger partial charge in [-0.2, -0.15) is 0 Å². The van der Waals surface area contributed by atoms with Gasteiger partial charge < -0.3 is 15.5 Å². The van der Waals surface area contributed by atoms with Gasteiger partial charge in [-0.25, -0.2) is 4.39 Å². The predicted molar refractivity (Wildman–Crippen MR) is 70.2 cm³/mol. The predicted octanol–water partition coefficient (Wildman–Crippen LogP) is 2.06. The number of benzene rings is 1. The number of hydrogen-bond acceptors (Lipinski definition) is 3. The van der Waals surface area contributed by atoms with Crippen LogP contribution in [-0.2, 0) is 0 Å². The number of hydrogen-bond donors (Lipinski definition) is 2. The van der Waals surface area contributed by atoms with Crippen LogP contribution in [0.25, 0.3) is 0 Å². The summed E-state index contributed by atoms with van der Waals surface area (Å²) in [7, 11) is 3.80. The topological polar surface area (TPSA) is 27.3 Å². The van der Waals surface area contributed by atoms with Crippen LogP contribution in [0, 0.1) is 5.82 Å². The van der Waals surface area contributed by atoms with Gasteiger partial charge in [-0.15, -0.1) is 0 Å². The van der Waals surface area contributed by atoms with E-state index in [1.54, 1.807) is 6.07 Å². The molecule has 2 rings (SSSR count). The third-order valence-electron chi connectivity index (χ3n) is 3.40. The minimum Gasteiger partial charge on any atom is -0.386 e. The van der Waals surface area contributed by atoms with E-state index in [1.807, 2.05) is 20.2 Å². The minimum atomic E-state index is -0.145. The molecule has 0 radical (unpaired) electrons. The van der Waals surface area contributed by atoms with E-state index in [2.05, 4.69) is 15.5 Å². The molecule has 94 valence electrons. The second-order valence-corrected chi connectivity index (χ2v) is 4.46. The van der Waals surface area contributed by atoms with Gasteiger partial charge in [0.2, 0.25) is 0 Å². The first-order valence-corrected chi connectivity index (χ1v) is 6.14. The van der Waals surface area contributed by atoms with Crippen LogP contribution >= 0.6 is 0 Å². The monoisotopic (exact) mass is 237 g/mol. The summed E-state index contributed by atoms with van der Waals surface area (Å²) < 4.78 is 14.0. The van der Waals surface area contributed by atoms with E-state index in [9.17, 15) is 4.39 Å². The van der Waals surface area contributed by atoms with Crippen LogP contribution in [0.5, 0.6) is 0 Å². The van der Waals surface area contributed by atoms with Gasteiger partial charge in [0.15, 0.2) is 0 Å². The summed E-state index contributed by atoms with van der Waals surface area (Å²) in [6.07, 6.45) is 2.26. The number of nitrogens with zero attached hydrogens (tertiary/aromatic N) is 1. The fraction of sp³-hybridized carbons (Fsp3) is 0.538. The molecule has 1 aliphatic heterocycles. The summed E-state index contributed by atoms with van der Waals surface area (Å²) >= 11 is 0. The van der Waals surface area contributed by atoms with Crippen LogP contribution in [0.3, 0.4) is 0 Å². The van der Waals surface area contributed by atoms with Crippen molar-refractivity contribution >= 4 is 11.4 Å². The third-order valence-corrected chi connectivity index (χ3v) is 3.40. The first-order valence-electron chi connectivity index (χ1n) is 6.14. The van der Waals surface area contributed by atoms with Gasteiger partial charge >= 0.3 is 0 Å². The highest BCUT2D eigenvalue weighted by atomic mass is 19.1. The molecule has 1 saturated heterocycles. The molecule has 0 aromatic heterocycles. The van der Waals surface area contributed by atoms with Crippen LogP contribution in [0.2, 0.25) is 0 Å². The zero-order valence-corrected chi connectivity index (χ0v) is 10.5. The van der Waals surface area contributed by atoms with E-state index in [0.717, 1.165) is 31.6 Å². The Labute approximate surface area is 102 Å². The lowest BCUT2D eigenvalue weighted by Gasteiger charge is -2.35. The van der Waals surface area contributed by atoms with Crippen molar-refractivity contribution in [1.82, 2.24) is 5.32 Å². The molecule has 0 unspecified atom stereocenters. The standard InChI is InChI=1S/C13H20FN3/c1-15-10-5-4-8-17(9-10)13-11(14)6-3-7-12(13)16-2/h3,6-7,10,15-16H,4-5,8-9H2,1-2H3/t10-/m1/s1. The van der Waals surface area contributed by atoms with Crippen LogP contribution in [0.15, 0.2) is 18.2 Å².